The van der Waals surface area contributed by atoms with Crippen molar-refractivity contribution in [2.24, 2.45) is 0 Å². The molecule has 18 heavy (non-hydrogen) atoms. The number of hydrogen-bond donors (Lipinski definition) is 0. The van der Waals surface area contributed by atoms with Gasteiger partial charge in [-0.05, 0) is 24.1 Å². The predicted molar refractivity (Wildman–Crippen MR) is 74.0 cm³/mol. The van der Waals surface area contributed by atoms with Gasteiger partial charge in [-0.3, -0.25) is 4.79 Å². The fraction of sp³-hybridized carbons (Fsp3) is 0.500. The van der Waals surface area contributed by atoms with Gasteiger partial charge < -0.3 is 9.64 Å². The molecule has 0 unspecified atom stereocenters. The fourth-order valence-electron chi connectivity index (χ4n) is 1.54. The van der Waals surface area contributed by atoms with Gasteiger partial charge in [-0.2, -0.15) is 0 Å². The second-order valence-corrected chi connectivity index (χ2v) is 4.56. The first-order chi connectivity index (χ1) is 8.67. The van der Waals surface area contributed by atoms with Gasteiger partial charge in [-0.1, -0.05) is 19.1 Å². The number of rotatable bonds is 7. The lowest BCUT2D eigenvalue weighted by Crippen LogP contribution is -2.26. The van der Waals surface area contributed by atoms with Gasteiger partial charge in [0.15, 0.2) is 0 Å². The monoisotopic (exact) mass is 269 g/mol. The van der Waals surface area contributed by atoms with E-state index in [2.05, 4.69) is 6.92 Å². The van der Waals surface area contributed by atoms with Gasteiger partial charge in [-0.15, -0.1) is 11.6 Å². The third-order valence-electron chi connectivity index (χ3n) is 2.55. The van der Waals surface area contributed by atoms with Gasteiger partial charge in [0.05, 0.1) is 6.61 Å². The van der Waals surface area contributed by atoms with Crippen molar-refractivity contribution in [3.63, 3.8) is 0 Å². The normalized spacial score (nSPS) is 10.2. The van der Waals surface area contributed by atoms with Gasteiger partial charge in [0, 0.05) is 25.9 Å². The number of nitrogens with zero attached hydrogens (tertiary/aromatic N) is 1. The van der Waals surface area contributed by atoms with Gasteiger partial charge in [0.25, 0.3) is 0 Å². The topological polar surface area (TPSA) is 29.5 Å². The first-order valence-corrected chi connectivity index (χ1v) is 6.72. The molecule has 0 spiro atoms. The summed E-state index contributed by atoms with van der Waals surface area (Å²) in [6, 6.07) is 7.83. The summed E-state index contributed by atoms with van der Waals surface area (Å²) in [5.41, 5.74) is 1.09. The molecule has 1 aromatic carbocycles. The molecule has 100 valence electrons. The molecule has 0 aromatic heterocycles. The van der Waals surface area contributed by atoms with Crippen LogP contribution in [-0.4, -0.2) is 30.3 Å². The van der Waals surface area contributed by atoms with E-state index in [0.717, 1.165) is 24.3 Å². The Morgan fingerprint density at radius 3 is 2.56 bits per heavy atom. The van der Waals surface area contributed by atoms with Crippen LogP contribution < -0.4 is 4.74 Å². The Hall–Kier alpha value is -1.22. The quantitative estimate of drug-likeness (QED) is 0.712. The van der Waals surface area contributed by atoms with E-state index in [-0.39, 0.29) is 5.91 Å². The molecular weight excluding hydrogens is 250 g/mol. The van der Waals surface area contributed by atoms with Gasteiger partial charge in [0.1, 0.15) is 5.75 Å². The molecule has 0 N–H and O–H groups in total. The number of halogens is 1. The Bertz CT molecular complexity index is 365. The molecule has 4 heteroatoms. The van der Waals surface area contributed by atoms with Crippen molar-refractivity contribution < 1.29 is 9.53 Å². The van der Waals surface area contributed by atoms with E-state index in [4.69, 9.17) is 16.3 Å². The van der Waals surface area contributed by atoms with Crippen molar-refractivity contribution >= 4 is 17.5 Å². The molecule has 0 heterocycles. The van der Waals surface area contributed by atoms with E-state index in [9.17, 15) is 4.79 Å². The second-order valence-electron chi connectivity index (χ2n) is 4.18. The molecule has 0 saturated heterocycles. The number of benzene rings is 1. The summed E-state index contributed by atoms with van der Waals surface area (Å²) < 4.78 is 5.50. The third-order valence-corrected chi connectivity index (χ3v) is 2.74. The average Bonchev–Trinajstić information content (AvgIpc) is 2.38. The van der Waals surface area contributed by atoms with E-state index in [1.807, 2.05) is 24.3 Å². The minimum Gasteiger partial charge on any atom is -0.494 e. The van der Waals surface area contributed by atoms with Gasteiger partial charge in [-0.25, -0.2) is 0 Å². The van der Waals surface area contributed by atoms with Crippen molar-refractivity contribution in [2.75, 3.05) is 19.5 Å². The van der Waals surface area contributed by atoms with Crippen molar-refractivity contribution in [1.29, 1.82) is 0 Å². The molecule has 3 nitrogen and oxygen atoms in total. The lowest BCUT2D eigenvalue weighted by Gasteiger charge is -2.17. The molecule has 1 rings (SSSR count). The van der Waals surface area contributed by atoms with E-state index in [0.29, 0.717) is 18.8 Å². The van der Waals surface area contributed by atoms with Crippen LogP contribution in [0.5, 0.6) is 5.75 Å². The fourth-order valence-corrected chi connectivity index (χ4v) is 1.71. The highest BCUT2D eigenvalue weighted by Gasteiger charge is 2.08. The summed E-state index contributed by atoms with van der Waals surface area (Å²) >= 11 is 5.55. The Morgan fingerprint density at radius 1 is 1.33 bits per heavy atom. The van der Waals surface area contributed by atoms with E-state index < -0.39 is 0 Å². The van der Waals surface area contributed by atoms with Gasteiger partial charge in [0.2, 0.25) is 5.91 Å². The molecule has 0 aliphatic heterocycles. The zero-order valence-corrected chi connectivity index (χ0v) is 11.7. The van der Waals surface area contributed by atoms with E-state index in [1.165, 1.54) is 0 Å². The maximum Gasteiger partial charge on any atom is 0.223 e. The van der Waals surface area contributed by atoms with Crippen molar-refractivity contribution in [3.05, 3.63) is 29.8 Å². The first-order valence-electron chi connectivity index (χ1n) is 6.19. The molecule has 1 aromatic rings. The summed E-state index contributed by atoms with van der Waals surface area (Å²) in [5, 5.41) is 0. The van der Waals surface area contributed by atoms with Crippen LogP contribution in [0.4, 0.5) is 0 Å². The Labute approximate surface area is 114 Å². The lowest BCUT2D eigenvalue weighted by molar-refractivity contribution is -0.129. The minimum absolute atomic E-state index is 0.0660. The summed E-state index contributed by atoms with van der Waals surface area (Å²) in [6.07, 6.45) is 1.38. The van der Waals surface area contributed by atoms with Crippen molar-refractivity contribution in [3.8, 4) is 5.75 Å². The molecule has 0 bridgehead atoms. The highest BCUT2D eigenvalue weighted by atomic mass is 35.5. The first kappa shape index (κ1) is 14.8. The molecule has 0 radical (unpaired) electrons. The largest absolute Gasteiger partial charge is 0.494 e. The third kappa shape index (κ3) is 4.96. The standard InChI is InChI=1S/C14H20ClNO2/c1-3-10-18-13-6-4-12(5-7-13)11-16(2)14(17)8-9-15/h4-7H,3,8-11H2,1-2H3. The molecule has 0 aliphatic carbocycles. The Balaban J connectivity index is 2.50. The molecule has 0 saturated carbocycles. The number of carbonyl (C=O) groups is 1. The number of ether oxygens (including phenoxy) is 1. The van der Waals surface area contributed by atoms with Crippen LogP contribution in [0, 0.1) is 0 Å². The number of hydrogen-bond acceptors (Lipinski definition) is 2. The molecule has 0 atom stereocenters. The van der Waals surface area contributed by atoms with Crippen LogP contribution in [0.1, 0.15) is 25.3 Å². The zero-order valence-electron chi connectivity index (χ0n) is 11.0. The molecule has 1 amide bonds. The number of amides is 1. The molecule has 0 aliphatic rings. The zero-order chi connectivity index (χ0) is 13.4. The van der Waals surface area contributed by atoms with Crippen LogP contribution in [0.25, 0.3) is 0 Å². The van der Waals surface area contributed by atoms with Crippen molar-refractivity contribution in [2.45, 2.75) is 26.3 Å². The van der Waals surface area contributed by atoms with Crippen LogP contribution in [0.2, 0.25) is 0 Å². The van der Waals surface area contributed by atoms with E-state index in [1.54, 1.807) is 11.9 Å². The highest BCUT2D eigenvalue weighted by molar-refractivity contribution is 6.18. The summed E-state index contributed by atoms with van der Waals surface area (Å²) in [5.74, 6) is 1.30. The summed E-state index contributed by atoms with van der Waals surface area (Å²) in [7, 11) is 1.79. The van der Waals surface area contributed by atoms with Crippen LogP contribution >= 0.6 is 11.6 Å². The minimum atomic E-state index is 0.0660. The van der Waals surface area contributed by atoms with Crippen LogP contribution in [0.15, 0.2) is 24.3 Å². The maximum atomic E-state index is 11.6. The predicted octanol–water partition coefficient (Wildman–Crippen LogP) is 3.06. The highest BCUT2D eigenvalue weighted by Crippen LogP contribution is 2.13. The van der Waals surface area contributed by atoms with Crippen LogP contribution in [0.3, 0.4) is 0 Å². The summed E-state index contributed by atoms with van der Waals surface area (Å²) in [6.45, 7) is 3.41. The summed E-state index contributed by atoms with van der Waals surface area (Å²) in [4.78, 5) is 13.3. The smallest absolute Gasteiger partial charge is 0.223 e. The average molecular weight is 270 g/mol. The maximum absolute atomic E-state index is 11.6. The van der Waals surface area contributed by atoms with Crippen LogP contribution in [-0.2, 0) is 11.3 Å². The molecule has 0 fully saturated rings. The van der Waals surface area contributed by atoms with Gasteiger partial charge >= 0.3 is 0 Å². The number of alkyl halides is 1. The SMILES string of the molecule is CCCOc1ccc(CN(C)C(=O)CCCl)cc1. The second kappa shape index (κ2) is 7.98. The van der Waals surface area contributed by atoms with Crippen molar-refractivity contribution in [1.82, 2.24) is 4.90 Å². The Morgan fingerprint density at radius 2 is 2.00 bits per heavy atom. The lowest BCUT2D eigenvalue weighted by atomic mass is 10.2. The molecular formula is C14H20ClNO2. The Kier molecular flexibility index (Phi) is 6.58. The van der Waals surface area contributed by atoms with E-state index >= 15 is 0 Å². The number of carbonyl (C=O) groups excluding carboxylic acids is 1.